The van der Waals surface area contributed by atoms with Gasteiger partial charge in [0.25, 0.3) is 0 Å². The molecule has 1 aromatic rings. The Kier molecular flexibility index (Phi) is 3.49. The van der Waals surface area contributed by atoms with Crippen LogP contribution in [0.5, 0.6) is 5.75 Å². The molecule has 1 saturated heterocycles. The Bertz CT molecular complexity index is 367. The minimum absolute atomic E-state index is 0.662. The highest BCUT2D eigenvalue weighted by atomic mass is 16.5. The van der Waals surface area contributed by atoms with Crippen LogP contribution in [0.2, 0.25) is 0 Å². The van der Waals surface area contributed by atoms with Gasteiger partial charge in [0.1, 0.15) is 5.75 Å². The van der Waals surface area contributed by atoms with Crippen LogP contribution in [0.15, 0.2) is 12.1 Å². The highest BCUT2D eigenvalue weighted by Crippen LogP contribution is 2.34. The van der Waals surface area contributed by atoms with E-state index in [1.54, 1.807) is 7.11 Å². The molecule has 0 bridgehead atoms. The van der Waals surface area contributed by atoms with Crippen LogP contribution in [0.3, 0.4) is 0 Å². The molecule has 1 aromatic carbocycles. The van der Waals surface area contributed by atoms with Gasteiger partial charge in [-0.1, -0.05) is 6.07 Å². The quantitative estimate of drug-likeness (QED) is 0.826. The molecule has 0 saturated carbocycles. The maximum absolute atomic E-state index is 5.51. The van der Waals surface area contributed by atoms with Gasteiger partial charge in [0, 0.05) is 0 Å². The third-order valence-corrected chi connectivity index (χ3v) is 3.63. The van der Waals surface area contributed by atoms with E-state index < -0.39 is 0 Å². The van der Waals surface area contributed by atoms with Crippen molar-refractivity contribution >= 4 is 0 Å². The normalized spacial score (nSPS) is 17.4. The molecular weight excluding hydrogens is 198 g/mol. The van der Waals surface area contributed by atoms with E-state index in [9.17, 15) is 0 Å². The summed E-state index contributed by atoms with van der Waals surface area (Å²) in [6.45, 7) is 6.57. The van der Waals surface area contributed by atoms with E-state index in [1.807, 2.05) is 0 Å². The van der Waals surface area contributed by atoms with Gasteiger partial charge in [0.2, 0.25) is 0 Å². The summed E-state index contributed by atoms with van der Waals surface area (Å²) in [7, 11) is 1.77. The van der Waals surface area contributed by atoms with Crippen LogP contribution in [-0.4, -0.2) is 20.2 Å². The zero-order chi connectivity index (χ0) is 11.5. The molecule has 0 aromatic heterocycles. The van der Waals surface area contributed by atoms with Crippen molar-refractivity contribution in [2.75, 3.05) is 20.2 Å². The summed E-state index contributed by atoms with van der Waals surface area (Å²) in [6, 6.07) is 4.48. The first-order valence-electron chi connectivity index (χ1n) is 6.08. The summed E-state index contributed by atoms with van der Waals surface area (Å²) in [5, 5.41) is 3.41. The summed E-state index contributed by atoms with van der Waals surface area (Å²) in [5.41, 5.74) is 4.08. The van der Waals surface area contributed by atoms with Gasteiger partial charge in [0.15, 0.2) is 0 Å². The fraction of sp³-hybridized carbons (Fsp3) is 0.571. The largest absolute Gasteiger partial charge is 0.496 e. The van der Waals surface area contributed by atoms with E-state index in [0.717, 1.165) is 18.8 Å². The lowest BCUT2D eigenvalue weighted by Crippen LogP contribution is -2.26. The van der Waals surface area contributed by atoms with E-state index in [4.69, 9.17) is 4.74 Å². The number of rotatable bonds is 2. The lowest BCUT2D eigenvalue weighted by atomic mass is 9.88. The molecule has 88 valence electrons. The summed E-state index contributed by atoms with van der Waals surface area (Å²) in [6.07, 6.45) is 2.44. The lowest BCUT2D eigenvalue weighted by molar-refractivity contribution is 0.391. The smallest absolute Gasteiger partial charge is 0.122 e. The van der Waals surface area contributed by atoms with Crippen LogP contribution < -0.4 is 10.1 Å². The van der Waals surface area contributed by atoms with Crippen molar-refractivity contribution in [2.24, 2.45) is 0 Å². The monoisotopic (exact) mass is 219 g/mol. The second kappa shape index (κ2) is 4.88. The first-order valence-corrected chi connectivity index (χ1v) is 6.08. The molecule has 2 heteroatoms. The van der Waals surface area contributed by atoms with Crippen LogP contribution in [0.25, 0.3) is 0 Å². The molecule has 0 aliphatic carbocycles. The Morgan fingerprint density at radius 1 is 1.12 bits per heavy atom. The second-order valence-corrected chi connectivity index (χ2v) is 4.70. The first-order chi connectivity index (χ1) is 7.72. The minimum atomic E-state index is 0.662. The molecule has 1 aliphatic rings. The van der Waals surface area contributed by atoms with E-state index in [0.29, 0.717) is 5.92 Å². The summed E-state index contributed by atoms with van der Waals surface area (Å²) in [4.78, 5) is 0. The number of hydrogen-bond donors (Lipinski definition) is 1. The number of hydrogen-bond acceptors (Lipinski definition) is 2. The number of benzene rings is 1. The van der Waals surface area contributed by atoms with Crippen molar-refractivity contribution in [3.8, 4) is 5.75 Å². The summed E-state index contributed by atoms with van der Waals surface area (Å²) < 4.78 is 5.51. The number of piperidine rings is 1. The van der Waals surface area contributed by atoms with Crippen LogP contribution in [0, 0.1) is 13.8 Å². The van der Waals surface area contributed by atoms with Crippen LogP contribution >= 0.6 is 0 Å². The van der Waals surface area contributed by atoms with E-state index in [-0.39, 0.29) is 0 Å². The highest BCUT2D eigenvalue weighted by molar-refractivity contribution is 5.43. The number of methoxy groups -OCH3 is 1. The third kappa shape index (κ3) is 2.22. The van der Waals surface area contributed by atoms with Crippen molar-refractivity contribution in [3.63, 3.8) is 0 Å². The van der Waals surface area contributed by atoms with Crippen LogP contribution in [0.1, 0.15) is 35.4 Å². The number of nitrogens with one attached hydrogen (secondary N) is 1. The van der Waals surface area contributed by atoms with Gasteiger partial charge >= 0.3 is 0 Å². The van der Waals surface area contributed by atoms with Crippen molar-refractivity contribution in [3.05, 3.63) is 28.8 Å². The average molecular weight is 219 g/mol. The maximum Gasteiger partial charge on any atom is 0.122 e. The average Bonchev–Trinajstić information content (AvgIpc) is 2.33. The molecule has 2 rings (SSSR count). The molecular formula is C14H21NO. The highest BCUT2D eigenvalue weighted by Gasteiger charge is 2.19. The maximum atomic E-state index is 5.51. The van der Waals surface area contributed by atoms with Gasteiger partial charge < -0.3 is 10.1 Å². The molecule has 2 nitrogen and oxygen atoms in total. The van der Waals surface area contributed by atoms with Crippen molar-refractivity contribution in [1.82, 2.24) is 5.32 Å². The zero-order valence-corrected chi connectivity index (χ0v) is 10.5. The molecule has 0 atom stereocenters. The molecule has 0 radical (unpaired) electrons. The standard InChI is InChI=1S/C14H21NO/c1-10-8-13(12-4-6-15-7-5-12)14(16-3)9-11(10)2/h8-9,12,15H,4-7H2,1-3H3. The summed E-state index contributed by atoms with van der Waals surface area (Å²) >= 11 is 0. The van der Waals surface area contributed by atoms with Gasteiger partial charge in [-0.15, -0.1) is 0 Å². The third-order valence-electron chi connectivity index (χ3n) is 3.63. The molecule has 1 heterocycles. The van der Waals surface area contributed by atoms with Gasteiger partial charge in [-0.2, -0.15) is 0 Å². The minimum Gasteiger partial charge on any atom is -0.496 e. The molecule has 0 unspecified atom stereocenters. The van der Waals surface area contributed by atoms with Crippen LogP contribution in [-0.2, 0) is 0 Å². The molecule has 0 spiro atoms. The van der Waals surface area contributed by atoms with Gasteiger partial charge in [0.05, 0.1) is 7.11 Å². The Hall–Kier alpha value is -1.02. The van der Waals surface area contributed by atoms with Gasteiger partial charge in [-0.05, 0) is 68.5 Å². The molecule has 0 amide bonds. The van der Waals surface area contributed by atoms with Gasteiger partial charge in [-0.25, -0.2) is 0 Å². The fourth-order valence-electron chi connectivity index (χ4n) is 2.44. The molecule has 1 fully saturated rings. The van der Waals surface area contributed by atoms with Crippen molar-refractivity contribution < 1.29 is 4.74 Å². The predicted molar refractivity (Wildman–Crippen MR) is 67.3 cm³/mol. The van der Waals surface area contributed by atoms with Crippen LogP contribution in [0.4, 0.5) is 0 Å². The Morgan fingerprint density at radius 3 is 2.38 bits per heavy atom. The fourth-order valence-corrected chi connectivity index (χ4v) is 2.44. The Balaban J connectivity index is 2.33. The SMILES string of the molecule is COc1cc(C)c(C)cc1C1CCNCC1. The second-order valence-electron chi connectivity index (χ2n) is 4.70. The predicted octanol–water partition coefficient (Wildman–Crippen LogP) is 2.78. The molecule has 1 aliphatic heterocycles. The number of ether oxygens (including phenoxy) is 1. The molecule has 1 N–H and O–H groups in total. The van der Waals surface area contributed by atoms with Crippen molar-refractivity contribution in [1.29, 1.82) is 0 Å². The molecule has 16 heavy (non-hydrogen) atoms. The lowest BCUT2D eigenvalue weighted by Gasteiger charge is -2.25. The zero-order valence-electron chi connectivity index (χ0n) is 10.5. The first kappa shape index (κ1) is 11.5. The topological polar surface area (TPSA) is 21.3 Å². The van der Waals surface area contributed by atoms with E-state index in [2.05, 4.69) is 31.3 Å². The number of aryl methyl sites for hydroxylation is 2. The summed E-state index contributed by atoms with van der Waals surface area (Å²) in [5.74, 6) is 1.73. The van der Waals surface area contributed by atoms with Gasteiger partial charge in [-0.3, -0.25) is 0 Å². The van der Waals surface area contributed by atoms with Crippen molar-refractivity contribution in [2.45, 2.75) is 32.6 Å². The van der Waals surface area contributed by atoms with E-state index in [1.165, 1.54) is 29.5 Å². The Morgan fingerprint density at radius 2 is 1.75 bits per heavy atom. The Labute approximate surface area is 98.0 Å². The van der Waals surface area contributed by atoms with E-state index >= 15 is 0 Å².